The first-order valence-corrected chi connectivity index (χ1v) is 9.06. The van der Waals surface area contributed by atoms with E-state index in [-0.39, 0.29) is 0 Å². The van der Waals surface area contributed by atoms with E-state index < -0.39 is 42.0 Å². The fourth-order valence-electron chi connectivity index (χ4n) is 2.99. The molecular weight excluding hydrogens is 374 g/mol. The van der Waals surface area contributed by atoms with Crippen molar-refractivity contribution in [1.29, 1.82) is 0 Å². The van der Waals surface area contributed by atoms with Crippen LogP contribution in [0, 0.1) is 0 Å². The van der Waals surface area contributed by atoms with Gasteiger partial charge in [0.25, 0.3) is 11.8 Å². The van der Waals surface area contributed by atoms with Gasteiger partial charge >= 0.3 is 12.0 Å². The predicted molar refractivity (Wildman–Crippen MR) is 105 cm³/mol. The molecule has 1 heterocycles. The van der Waals surface area contributed by atoms with E-state index in [0.717, 1.165) is 4.90 Å². The van der Waals surface area contributed by atoms with Crippen LogP contribution in [0.3, 0.4) is 0 Å². The number of esters is 1. The third-order valence-corrected chi connectivity index (χ3v) is 4.63. The highest BCUT2D eigenvalue weighted by Gasteiger charge is 2.49. The molecule has 29 heavy (non-hydrogen) atoms. The summed E-state index contributed by atoms with van der Waals surface area (Å²) in [6, 6.07) is 16.8. The van der Waals surface area contributed by atoms with Gasteiger partial charge in [-0.3, -0.25) is 19.3 Å². The van der Waals surface area contributed by atoms with E-state index in [4.69, 9.17) is 4.74 Å². The summed E-state index contributed by atoms with van der Waals surface area (Å²) in [5.74, 6) is -1.94. The molecule has 0 aromatic heterocycles. The number of urea groups is 1. The van der Waals surface area contributed by atoms with Crippen molar-refractivity contribution in [2.24, 2.45) is 0 Å². The Morgan fingerprint density at radius 3 is 2.28 bits per heavy atom. The van der Waals surface area contributed by atoms with Crippen LogP contribution >= 0.6 is 0 Å². The highest BCUT2D eigenvalue weighted by Crippen LogP contribution is 2.28. The van der Waals surface area contributed by atoms with Crippen LogP contribution in [0.15, 0.2) is 60.7 Å². The van der Waals surface area contributed by atoms with Crippen LogP contribution in [0.25, 0.3) is 0 Å². The first-order chi connectivity index (χ1) is 13.8. The zero-order valence-corrected chi connectivity index (χ0v) is 16.0. The highest BCUT2D eigenvalue weighted by molar-refractivity contribution is 6.09. The van der Waals surface area contributed by atoms with Crippen LogP contribution in [0.5, 0.6) is 0 Å². The fourth-order valence-corrected chi connectivity index (χ4v) is 2.99. The van der Waals surface area contributed by atoms with Crippen molar-refractivity contribution < 1.29 is 23.9 Å². The van der Waals surface area contributed by atoms with Gasteiger partial charge in [0.1, 0.15) is 12.1 Å². The van der Waals surface area contributed by atoms with Crippen molar-refractivity contribution in [1.82, 2.24) is 10.2 Å². The van der Waals surface area contributed by atoms with E-state index in [1.54, 1.807) is 67.6 Å². The van der Waals surface area contributed by atoms with E-state index in [1.165, 1.54) is 6.92 Å². The molecule has 0 saturated carbocycles. The molecule has 1 saturated heterocycles. The zero-order chi connectivity index (χ0) is 21.0. The van der Waals surface area contributed by atoms with Gasteiger partial charge in [0, 0.05) is 5.69 Å². The Morgan fingerprint density at radius 2 is 1.66 bits per heavy atom. The van der Waals surface area contributed by atoms with Gasteiger partial charge in [0.15, 0.2) is 6.10 Å². The Kier molecular flexibility index (Phi) is 5.63. The minimum Gasteiger partial charge on any atom is -0.451 e. The fraction of sp³-hybridized carbons (Fsp3) is 0.238. The third-order valence-electron chi connectivity index (χ3n) is 4.63. The third kappa shape index (κ3) is 4.26. The molecule has 2 aromatic carbocycles. The summed E-state index contributed by atoms with van der Waals surface area (Å²) in [6.45, 7) is 2.40. The monoisotopic (exact) mass is 395 g/mol. The molecule has 8 heteroatoms. The second kappa shape index (κ2) is 8.14. The summed E-state index contributed by atoms with van der Waals surface area (Å²) in [5.41, 5.74) is -0.104. The van der Waals surface area contributed by atoms with Gasteiger partial charge in [-0.1, -0.05) is 48.5 Å². The zero-order valence-electron chi connectivity index (χ0n) is 16.0. The molecule has 2 aromatic rings. The smallest absolute Gasteiger partial charge is 0.327 e. The molecule has 1 aliphatic heterocycles. The Hall–Kier alpha value is -3.68. The lowest BCUT2D eigenvalue weighted by molar-refractivity contribution is -0.155. The Bertz CT molecular complexity index is 932. The van der Waals surface area contributed by atoms with E-state index >= 15 is 0 Å². The lowest BCUT2D eigenvalue weighted by Crippen LogP contribution is -2.42. The molecule has 0 aliphatic carbocycles. The standard InChI is InChI=1S/C21H21N3O5/c1-14(18(26)22-16-11-7-4-8-12-16)29-17(25)13-24-19(27)21(2,23-20(24)28)15-9-5-3-6-10-15/h3-12,14H,13H2,1-2H3,(H,22,26)(H,23,28)/t14-,21+/m1/s1. The largest absolute Gasteiger partial charge is 0.451 e. The van der Waals surface area contributed by atoms with E-state index in [2.05, 4.69) is 10.6 Å². The van der Waals surface area contributed by atoms with Crippen LogP contribution in [0.2, 0.25) is 0 Å². The predicted octanol–water partition coefficient (Wildman–Crippen LogP) is 2.02. The molecule has 0 radical (unpaired) electrons. The van der Waals surface area contributed by atoms with Gasteiger partial charge in [-0.2, -0.15) is 0 Å². The van der Waals surface area contributed by atoms with Crippen LogP contribution in [-0.4, -0.2) is 41.4 Å². The van der Waals surface area contributed by atoms with Gasteiger partial charge in [0.05, 0.1) is 0 Å². The van der Waals surface area contributed by atoms with Gasteiger partial charge < -0.3 is 15.4 Å². The molecule has 1 aliphatic rings. The number of ether oxygens (including phenoxy) is 1. The summed E-state index contributed by atoms with van der Waals surface area (Å²) >= 11 is 0. The summed E-state index contributed by atoms with van der Waals surface area (Å²) in [4.78, 5) is 50.2. The quantitative estimate of drug-likeness (QED) is 0.575. The van der Waals surface area contributed by atoms with Crippen molar-refractivity contribution in [2.75, 3.05) is 11.9 Å². The number of rotatable bonds is 6. The first kappa shape index (κ1) is 20.1. The second-order valence-corrected chi connectivity index (χ2v) is 6.80. The molecule has 2 atom stereocenters. The molecule has 4 amide bonds. The molecular formula is C21H21N3O5. The van der Waals surface area contributed by atoms with Gasteiger partial charge in [0.2, 0.25) is 0 Å². The van der Waals surface area contributed by atoms with Gasteiger partial charge in [-0.15, -0.1) is 0 Å². The van der Waals surface area contributed by atoms with Crippen LogP contribution in [-0.2, 0) is 24.7 Å². The average molecular weight is 395 g/mol. The Balaban J connectivity index is 1.61. The van der Waals surface area contributed by atoms with E-state index in [9.17, 15) is 19.2 Å². The normalized spacial score (nSPS) is 19.4. The molecule has 8 nitrogen and oxygen atoms in total. The number of carbonyl (C=O) groups is 4. The van der Waals surface area contributed by atoms with Crippen molar-refractivity contribution in [3.05, 3.63) is 66.2 Å². The lowest BCUT2D eigenvalue weighted by atomic mass is 9.92. The number of hydrogen-bond donors (Lipinski definition) is 2. The van der Waals surface area contributed by atoms with E-state index in [0.29, 0.717) is 11.3 Å². The number of nitrogens with zero attached hydrogens (tertiary/aromatic N) is 1. The number of hydrogen-bond acceptors (Lipinski definition) is 5. The van der Waals surface area contributed by atoms with Crippen LogP contribution in [0.4, 0.5) is 10.5 Å². The Morgan fingerprint density at radius 1 is 1.07 bits per heavy atom. The molecule has 0 spiro atoms. The van der Waals surface area contributed by atoms with E-state index in [1.807, 2.05) is 0 Å². The number of imide groups is 1. The molecule has 1 fully saturated rings. The van der Waals surface area contributed by atoms with Crippen LogP contribution < -0.4 is 10.6 Å². The minimum atomic E-state index is -1.27. The molecule has 0 bridgehead atoms. The highest BCUT2D eigenvalue weighted by atomic mass is 16.5. The molecule has 3 rings (SSSR count). The maximum Gasteiger partial charge on any atom is 0.327 e. The number of benzene rings is 2. The molecule has 0 unspecified atom stereocenters. The molecule has 150 valence electrons. The van der Waals surface area contributed by atoms with Crippen molar-refractivity contribution in [3.8, 4) is 0 Å². The van der Waals surface area contributed by atoms with Gasteiger partial charge in [-0.05, 0) is 31.5 Å². The summed E-state index contributed by atoms with van der Waals surface area (Å²) in [6.07, 6.45) is -1.09. The summed E-state index contributed by atoms with van der Waals surface area (Å²) < 4.78 is 5.09. The Labute approximate surface area is 167 Å². The average Bonchev–Trinajstić information content (AvgIpc) is 2.93. The number of amides is 4. The van der Waals surface area contributed by atoms with Crippen molar-refractivity contribution in [3.63, 3.8) is 0 Å². The van der Waals surface area contributed by atoms with Gasteiger partial charge in [-0.25, -0.2) is 4.79 Å². The number of nitrogens with one attached hydrogen (secondary N) is 2. The number of carbonyl (C=O) groups excluding carboxylic acids is 4. The minimum absolute atomic E-state index is 0.518. The number of anilines is 1. The topological polar surface area (TPSA) is 105 Å². The SMILES string of the molecule is C[C@@H](OC(=O)CN1C(=O)N[C@@](C)(c2ccccc2)C1=O)C(=O)Nc1ccccc1. The second-order valence-electron chi connectivity index (χ2n) is 6.80. The maximum absolute atomic E-state index is 12.8. The first-order valence-electron chi connectivity index (χ1n) is 9.06. The summed E-state index contributed by atoms with van der Waals surface area (Å²) in [7, 11) is 0. The number of para-hydroxylation sites is 1. The van der Waals surface area contributed by atoms with Crippen molar-refractivity contribution in [2.45, 2.75) is 25.5 Å². The lowest BCUT2D eigenvalue weighted by Gasteiger charge is -2.22. The summed E-state index contributed by atoms with van der Waals surface area (Å²) in [5, 5.41) is 5.23. The van der Waals surface area contributed by atoms with Crippen LogP contribution in [0.1, 0.15) is 19.4 Å². The molecule has 2 N–H and O–H groups in total. The van der Waals surface area contributed by atoms with Crippen molar-refractivity contribution >= 4 is 29.5 Å². The maximum atomic E-state index is 12.8.